The summed E-state index contributed by atoms with van der Waals surface area (Å²) in [5.41, 5.74) is 2.80. The Balaban J connectivity index is 1.71. The molecule has 1 aliphatic carbocycles. The smallest absolute Gasteiger partial charge is 0.293 e. The molecule has 2 aromatic carbocycles. The Bertz CT molecular complexity index is 785. The summed E-state index contributed by atoms with van der Waals surface area (Å²) in [6.07, 6.45) is 2.05. The molecule has 6 heteroatoms. The van der Waals surface area contributed by atoms with Gasteiger partial charge in [-0.15, -0.1) is 0 Å². The highest BCUT2D eigenvalue weighted by Crippen LogP contribution is 2.31. The number of aryl methyl sites for hydroxylation is 1. The van der Waals surface area contributed by atoms with Crippen LogP contribution in [0.3, 0.4) is 0 Å². The first-order valence-corrected chi connectivity index (χ1v) is 7.91. The first kappa shape index (κ1) is 16.0. The lowest BCUT2D eigenvalue weighted by Gasteiger charge is -2.09. The molecule has 0 radical (unpaired) electrons. The molecule has 0 aromatic heterocycles. The summed E-state index contributed by atoms with van der Waals surface area (Å²) in [7, 11) is 0. The van der Waals surface area contributed by atoms with E-state index in [4.69, 9.17) is 0 Å². The second-order valence-corrected chi connectivity index (χ2v) is 6.08. The van der Waals surface area contributed by atoms with E-state index in [2.05, 4.69) is 10.6 Å². The number of benzene rings is 2. The lowest BCUT2D eigenvalue weighted by Crippen LogP contribution is -2.23. The third kappa shape index (κ3) is 3.90. The second-order valence-electron chi connectivity index (χ2n) is 6.08. The molecule has 3 rings (SSSR count). The fourth-order valence-corrected chi connectivity index (χ4v) is 2.50. The van der Waals surface area contributed by atoms with E-state index in [1.807, 2.05) is 31.2 Å². The average Bonchev–Trinajstić information content (AvgIpc) is 3.37. The molecular formula is C18H19N3O3. The molecule has 1 fully saturated rings. The molecule has 2 aromatic rings. The Kier molecular flexibility index (Phi) is 4.46. The predicted molar refractivity (Wildman–Crippen MR) is 92.1 cm³/mol. The number of nitrogens with zero attached hydrogens (tertiary/aromatic N) is 1. The van der Waals surface area contributed by atoms with E-state index in [-0.39, 0.29) is 17.2 Å². The zero-order valence-electron chi connectivity index (χ0n) is 13.4. The Morgan fingerprint density at radius 3 is 2.71 bits per heavy atom. The number of nitro groups is 1. The first-order chi connectivity index (χ1) is 11.5. The summed E-state index contributed by atoms with van der Waals surface area (Å²) >= 11 is 0. The summed E-state index contributed by atoms with van der Waals surface area (Å²) in [6.45, 7) is 2.37. The van der Waals surface area contributed by atoms with Crippen molar-refractivity contribution in [2.24, 2.45) is 0 Å². The maximum Gasteiger partial charge on any atom is 0.293 e. The third-order valence-electron chi connectivity index (χ3n) is 3.93. The van der Waals surface area contributed by atoms with Crippen LogP contribution in [0.4, 0.5) is 11.4 Å². The zero-order chi connectivity index (χ0) is 17.1. The number of nitro benzene ring substituents is 1. The van der Waals surface area contributed by atoms with Gasteiger partial charge in [-0.1, -0.05) is 29.8 Å². The zero-order valence-corrected chi connectivity index (χ0v) is 13.4. The lowest BCUT2D eigenvalue weighted by molar-refractivity contribution is -0.384. The van der Waals surface area contributed by atoms with Gasteiger partial charge in [0.2, 0.25) is 0 Å². The molecule has 0 aliphatic heterocycles. The van der Waals surface area contributed by atoms with Crippen molar-refractivity contribution in [3.8, 4) is 0 Å². The van der Waals surface area contributed by atoms with E-state index in [1.165, 1.54) is 6.07 Å². The molecule has 0 saturated heterocycles. The third-order valence-corrected chi connectivity index (χ3v) is 3.93. The van der Waals surface area contributed by atoms with Gasteiger partial charge in [-0.05, 0) is 37.5 Å². The fourth-order valence-electron chi connectivity index (χ4n) is 2.50. The van der Waals surface area contributed by atoms with E-state index >= 15 is 0 Å². The van der Waals surface area contributed by atoms with Gasteiger partial charge >= 0.3 is 0 Å². The van der Waals surface area contributed by atoms with Crippen molar-refractivity contribution in [2.45, 2.75) is 32.4 Å². The summed E-state index contributed by atoms with van der Waals surface area (Å²) in [5.74, 6) is -0.322. The summed E-state index contributed by atoms with van der Waals surface area (Å²) in [6, 6.07) is 12.7. The molecule has 24 heavy (non-hydrogen) atoms. The van der Waals surface area contributed by atoms with Crippen LogP contribution in [0.25, 0.3) is 0 Å². The molecule has 124 valence electrons. The van der Waals surface area contributed by atoms with Crippen molar-refractivity contribution in [2.75, 3.05) is 5.32 Å². The van der Waals surface area contributed by atoms with Crippen molar-refractivity contribution in [3.63, 3.8) is 0 Å². The Hall–Kier alpha value is -2.89. The van der Waals surface area contributed by atoms with Crippen LogP contribution in [0.15, 0.2) is 42.5 Å². The monoisotopic (exact) mass is 325 g/mol. The molecular weight excluding hydrogens is 306 g/mol. The topological polar surface area (TPSA) is 84.3 Å². The molecule has 0 unspecified atom stereocenters. The van der Waals surface area contributed by atoms with Gasteiger partial charge < -0.3 is 10.6 Å². The van der Waals surface area contributed by atoms with Crippen LogP contribution < -0.4 is 10.6 Å². The van der Waals surface area contributed by atoms with Gasteiger partial charge in [0.05, 0.1) is 4.92 Å². The van der Waals surface area contributed by atoms with Crippen LogP contribution in [0.1, 0.15) is 34.3 Å². The fraction of sp³-hybridized carbons (Fsp3) is 0.278. The normalized spacial score (nSPS) is 13.4. The van der Waals surface area contributed by atoms with E-state index in [0.717, 1.165) is 24.0 Å². The van der Waals surface area contributed by atoms with Crippen LogP contribution in [-0.4, -0.2) is 16.9 Å². The standard InChI is InChI=1S/C18H19N3O3/c1-12-3-2-4-13(9-12)11-19-18(22)14-5-8-16(20-15-6-7-15)17(10-14)21(23)24/h2-5,8-10,15,20H,6-7,11H2,1H3,(H,19,22). The maximum atomic E-state index is 12.3. The van der Waals surface area contributed by atoms with Gasteiger partial charge in [0.25, 0.3) is 11.6 Å². The van der Waals surface area contributed by atoms with Crippen LogP contribution >= 0.6 is 0 Å². The molecule has 0 bridgehead atoms. The summed E-state index contributed by atoms with van der Waals surface area (Å²) < 4.78 is 0. The number of hydrogen-bond acceptors (Lipinski definition) is 4. The Morgan fingerprint density at radius 1 is 1.25 bits per heavy atom. The van der Waals surface area contributed by atoms with Gasteiger partial charge in [-0.25, -0.2) is 0 Å². The molecule has 2 N–H and O–H groups in total. The number of carbonyl (C=O) groups is 1. The van der Waals surface area contributed by atoms with Crippen molar-refractivity contribution >= 4 is 17.3 Å². The van der Waals surface area contributed by atoms with Crippen LogP contribution in [0, 0.1) is 17.0 Å². The number of carbonyl (C=O) groups excluding carboxylic acids is 1. The van der Waals surface area contributed by atoms with Crippen LogP contribution in [0.2, 0.25) is 0 Å². The van der Waals surface area contributed by atoms with Crippen molar-refractivity contribution in [3.05, 3.63) is 69.3 Å². The summed E-state index contributed by atoms with van der Waals surface area (Å²) in [4.78, 5) is 23.1. The van der Waals surface area contributed by atoms with E-state index in [9.17, 15) is 14.9 Å². The first-order valence-electron chi connectivity index (χ1n) is 7.91. The number of nitrogens with one attached hydrogen (secondary N) is 2. The minimum absolute atomic E-state index is 0.0647. The molecule has 6 nitrogen and oxygen atoms in total. The molecule has 1 aliphatic rings. The Morgan fingerprint density at radius 2 is 2.04 bits per heavy atom. The molecule has 1 saturated carbocycles. The maximum absolute atomic E-state index is 12.3. The van der Waals surface area contributed by atoms with Crippen LogP contribution in [0.5, 0.6) is 0 Å². The van der Waals surface area contributed by atoms with Gasteiger partial charge in [0.15, 0.2) is 0 Å². The van der Waals surface area contributed by atoms with Gasteiger partial charge in [0, 0.05) is 24.2 Å². The quantitative estimate of drug-likeness (QED) is 0.629. The van der Waals surface area contributed by atoms with Gasteiger partial charge in [-0.2, -0.15) is 0 Å². The summed E-state index contributed by atoms with van der Waals surface area (Å²) in [5, 5.41) is 17.2. The minimum atomic E-state index is -0.456. The number of hydrogen-bond donors (Lipinski definition) is 2. The van der Waals surface area contributed by atoms with E-state index in [1.54, 1.807) is 12.1 Å². The number of amides is 1. The minimum Gasteiger partial charge on any atom is -0.377 e. The van der Waals surface area contributed by atoms with Gasteiger partial charge in [-0.3, -0.25) is 14.9 Å². The number of anilines is 1. The molecule has 0 spiro atoms. The second kappa shape index (κ2) is 6.70. The predicted octanol–water partition coefficient (Wildman–Crippen LogP) is 3.41. The Labute approximate surface area is 140 Å². The van der Waals surface area contributed by atoms with Crippen molar-refractivity contribution in [1.82, 2.24) is 5.32 Å². The highest BCUT2D eigenvalue weighted by atomic mass is 16.6. The van der Waals surface area contributed by atoms with Crippen molar-refractivity contribution < 1.29 is 9.72 Å². The molecule has 1 amide bonds. The van der Waals surface area contributed by atoms with Gasteiger partial charge in [0.1, 0.15) is 5.69 Å². The highest BCUT2D eigenvalue weighted by molar-refractivity contribution is 5.95. The van der Waals surface area contributed by atoms with Crippen molar-refractivity contribution in [1.29, 1.82) is 0 Å². The van der Waals surface area contributed by atoms with E-state index < -0.39 is 4.92 Å². The molecule has 0 heterocycles. The highest BCUT2D eigenvalue weighted by Gasteiger charge is 2.25. The molecule has 0 atom stereocenters. The number of rotatable bonds is 6. The average molecular weight is 325 g/mol. The largest absolute Gasteiger partial charge is 0.377 e. The SMILES string of the molecule is Cc1cccc(CNC(=O)c2ccc(NC3CC3)c([N+](=O)[O-])c2)c1. The van der Waals surface area contributed by atoms with E-state index in [0.29, 0.717) is 18.3 Å². The van der Waals surface area contributed by atoms with Crippen LogP contribution in [-0.2, 0) is 6.54 Å². The lowest BCUT2D eigenvalue weighted by atomic mass is 10.1.